The van der Waals surface area contributed by atoms with Gasteiger partial charge in [-0.25, -0.2) is 9.97 Å². The van der Waals surface area contributed by atoms with Crippen LogP contribution in [0.15, 0.2) is 36.8 Å². The van der Waals surface area contributed by atoms with E-state index in [-0.39, 0.29) is 0 Å². The first-order chi connectivity index (χ1) is 8.79. The van der Waals surface area contributed by atoms with E-state index in [2.05, 4.69) is 42.0 Å². The van der Waals surface area contributed by atoms with Crippen LogP contribution in [-0.4, -0.2) is 9.97 Å². The predicted molar refractivity (Wildman–Crippen MR) is 79.6 cm³/mol. The summed E-state index contributed by atoms with van der Waals surface area (Å²) in [6.45, 7) is 12.2. The summed E-state index contributed by atoms with van der Waals surface area (Å²) in [6.07, 6.45) is 3.35. The molecular formula is C16H24N2. The Bertz CT molecular complexity index is 436. The maximum atomic E-state index is 4.24. The summed E-state index contributed by atoms with van der Waals surface area (Å²) in [6, 6.07) is 8.19. The lowest BCUT2D eigenvalue weighted by Crippen LogP contribution is -1.89. The predicted octanol–water partition coefficient (Wildman–Crippen LogP) is 4.81. The molecule has 0 unspecified atom stereocenters. The number of benzene rings is 1. The first-order valence-electron chi connectivity index (χ1n) is 6.61. The molecule has 1 aromatic heterocycles. The Morgan fingerprint density at radius 1 is 0.889 bits per heavy atom. The van der Waals surface area contributed by atoms with Gasteiger partial charge in [-0.05, 0) is 31.0 Å². The molecule has 0 saturated carbocycles. The Morgan fingerprint density at radius 2 is 1.56 bits per heavy atom. The van der Waals surface area contributed by atoms with Gasteiger partial charge in [-0.1, -0.05) is 45.9 Å². The number of nitrogens with zero attached hydrogens (tertiary/aromatic N) is 2. The molecule has 0 saturated heterocycles. The zero-order valence-electron chi connectivity index (χ0n) is 12.4. The Balaban J connectivity index is 0.000000659. The Kier molecular flexibility index (Phi) is 8.46. The van der Waals surface area contributed by atoms with Crippen LogP contribution in [-0.2, 0) is 0 Å². The van der Waals surface area contributed by atoms with E-state index in [1.807, 2.05) is 33.8 Å². The van der Waals surface area contributed by atoms with Crippen molar-refractivity contribution >= 4 is 0 Å². The quantitative estimate of drug-likeness (QED) is 0.719. The average Bonchev–Trinajstić information content (AvgIpc) is 2.47. The lowest BCUT2D eigenvalue weighted by atomic mass is 10.0. The van der Waals surface area contributed by atoms with Crippen molar-refractivity contribution in [3.63, 3.8) is 0 Å². The van der Waals surface area contributed by atoms with Crippen LogP contribution in [0.25, 0.3) is 11.3 Å². The fourth-order valence-electron chi connectivity index (χ4n) is 1.48. The van der Waals surface area contributed by atoms with E-state index in [9.17, 15) is 0 Å². The number of aryl methyl sites for hydroxylation is 1. The molecule has 2 nitrogen and oxygen atoms in total. The molecule has 0 aliphatic rings. The van der Waals surface area contributed by atoms with Gasteiger partial charge in [-0.15, -0.1) is 0 Å². The summed E-state index contributed by atoms with van der Waals surface area (Å²) in [7, 11) is 0. The second-order valence-corrected chi connectivity index (χ2v) is 3.34. The molecule has 2 aromatic rings. The second kappa shape index (κ2) is 9.34. The van der Waals surface area contributed by atoms with Crippen LogP contribution in [0.3, 0.4) is 0 Å². The molecule has 1 heterocycles. The lowest BCUT2D eigenvalue weighted by molar-refractivity contribution is 1.16. The minimum atomic E-state index is 0.987. The first-order valence-corrected chi connectivity index (χ1v) is 6.61. The second-order valence-electron chi connectivity index (χ2n) is 3.34. The molecule has 0 fully saturated rings. The van der Waals surface area contributed by atoms with Gasteiger partial charge in [0.15, 0.2) is 0 Å². The van der Waals surface area contributed by atoms with Crippen molar-refractivity contribution in [2.24, 2.45) is 0 Å². The summed E-state index contributed by atoms with van der Waals surface area (Å²) in [4.78, 5) is 8.15. The molecule has 1 aromatic carbocycles. The largest absolute Gasteiger partial charge is 0.245 e. The van der Waals surface area contributed by atoms with Crippen molar-refractivity contribution in [1.82, 2.24) is 9.97 Å². The van der Waals surface area contributed by atoms with E-state index in [1.54, 1.807) is 12.5 Å². The Hall–Kier alpha value is -1.70. The fourth-order valence-corrected chi connectivity index (χ4v) is 1.48. The highest BCUT2D eigenvalue weighted by Crippen LogP contribution is 2.22. The normalized spacial score (nSPS) is 8.56. The molecular weight excluding hydrogens is 220 g/mol. The standard InChI is InChI=1S/C12H12N2.2C2H6/c1-9-4-3-5-11(10(9)2)12-6-7-13-8-14-12;2*1-2/h3-8H,1-2H3;2*1-2H3. The Labute approximate surface area is 111 Å². The highest BCUT2D eigenvalue weighted by atomic mass is 14.8. The van der Waals surface area contributed by atoms with Gasteiger partial charge in [0, 0.05) is 11.8 Å². The number of hydrogen-bond acceptors (Lipinski definition) is 2. The van der Waals surface area contributed by atoms with Crippen LogP contribution in [0.5, 0.6) is 0 Å². The molecule has 98 valence electrons. The molecule has 0 amide bonds. The van der Waals surface area contributed by atoms with E-state index < -0.39 is 0 Å². The van der Waals surface area contributed by atoms with Gasteiger partial charge >= 0.3 is 0 Å². The number of rotatable bonds is 1. The minimum absolute atomic E-state index is 0.987. The van der Waals surface area contributed by atoms with Gasteiger partial charge in [-0.3, -0.25) is 0 Å². The average molecular weight is 244 g/mol. The topological polar surface area (TPSA) is 25.8 Å². The van der Waals surface area contributed by atoms with E-state index >= 15 is 0 Å². The molecule has 2 heteroatoms. The maximum absolute atomic E-state index is 4.24. The van der Waals surface area contributed by atoms with Crippen LogP contribution in [0.4, 0.5) is 0 Å². The first kappa shape index (κ1) is 16.3. The zero-order valence-corrected chi connectivity index (χ0v) is 12.4. The van der Waals surface area contributed by atoms with Gasteiger partial charge in [-0.2, -0.15) is 0 Å². The molecule has 0 aliphatic carbocycles. The molecule has 0 bridgehead atoms. The smallest absolute Gasteiger partial charge is 0.116 e. The maximum Gasteiger partial charge on any atom is 0.116 e. The van der Waals surface area contributed by atoms with Crippen LogP contribution in [0, 0.1) is 13.8 Å². The molecule has 0 atom stereocenters. The van der Waals surface area contributed by atoms with Gasteiger partial charge in [0.1, 0.15) is 6.33 Å². The summed E-state index contributed by atoms with van der Waals surface area (Å²) >= 11 is 0. The molecule has 0 aliphatic heterocycles. The third-order valence-corrected chi connectivity index (χ3v) is 2.46. The van der Waals surface area contributed by atoms with E-state index in [0.29, 0.717) is 0 Å². The summed E-state index contributed by atoms with van der Waals surface area (Å²) in [5, 5.41) is 0. The van der Waals surface area contributed by atoms with Crippen LogP contribution < -0.4 is 0 Å². The van der Waals surface area contributed by atoms with Crippen LogP contribution in [0.2, 0.25) is 0 Å². The van der Waals surface area contributed by atoms with Crippen molar-refractivity contribution in [3.8, 4) is 11.3 Å². The molecule has 2 rings (SSSR count). The van der Waals surface area contributed by atoms with Gasteiger partial charge in [0.05, 0.1) is 5.69 Å². The van der Waals surface area contributed by atoms with E-state index in [0.717, 1.165) is 5.69 Å². The van der Waals surface area contributed by atoms with Crippen molar-refractivity contribution in [1.29, 1.82) is 0 Å². The summed E-state index contributed by atoms with van der Waals surface area (Å²) < 4.78 is 0. The summed E-state index contributed by atoms with van der Waals surface area (Å²) in [5.41, 5.74) is 4.75. The van der Waals surface area contributed by atoms with Gasteiger partial charge in [0.25, 0.3) is 0 Å². The highest BCUT2D eigenvalue weighted by Gasteiger charge is 2.03. The van der Waals surface area contributed by atoms with Crippen molar-refractivity contribution in [2.75, 3.05) is 0 Å². The molecule has 0 radical (unpaired) electrons. The third-order valence-electron chi connectivity index (χ3n) is 2.46. The monoisotopic (exact) mass is 244 g/mol. The van der Waals surface area contributed by atoms with Crippen molar-refractivity contribution < 1.29 is 0 Å². The van der Waals surface area contributed by atoms with Gasteiger partial charge < -0.3 is 0 Å². The lowest BCUT2D eigenvalue weighted by Gasteiger charge is -2.06. The van der Waals surface area contributed by atoms with E-state index in [4.69, 9.17) is 0 Å². The number of hydrogen-bond donors (Lipinski definition) is 0. The van der Waals surface area contributed by atoms with Crippen molar-refractivity contribution in [3.05, 3.63) is 47.9 Å². The van der Waals surface area contributed by atoms with E-state index in [1.165, 1.54) is 16.7 Å². The van der Waals surface area contributed by atoms with Crippen molar-refractivity contribution in [2.45, 2.75) is 41.5 Å². The van der Waals surface area contributed by atoms with Crippen LogP contribution in [0.1, 0.15) is 38.8 Å². The molecule has 0 spiro atoms. The SMILES string of the molecule is CC.CC.Cc1cccc(-c2ccncn2)c1C. The third kappa shape index (κ3) is 4.28. The zero-order chi connectivity index (χ0) is 14.0. The van der Waals surface area contributed by atoms with Crippen LogP contribution >= 0.6 is 0 Å². The fraction of sp³-hybridized carbons (Fsp3) is 0.375. The highest BCUT2D eigenvalue weighted by molar-refractivity contribution is 5.64. The molecule has 18 heavy (non-hydrogen) atoms. The number of aromatic nitrogens is 2. The minimum Gasteiger partial charge on any atom is -0.245 e. The Morgan fingerprint density at radius 3 is 2.11 bits per heavy atom. The van der Waals surface area contributed by atoms with Gasteiger partial charge in [0.2, 0.25) is 0 Å². The molecule has 0 N–H and O–H groups in total. The summed E-state index contributed by atoms with van der Waals surface area (Å²) in [5.74, 6) is 0.